The van der Waals surface area contributed by atoms with Gasteiger partial charge >= 0.3 is 0 Å². The zero-order valence-corrected chi connectivity index (χ0v) is 15.3. The Hall–Kier alpha value is -3.02. The van der Waals surface area contributed by atoms with Crippen molar-refractivity contribution in [2.24, 2.45) is 0 Å². The molecule has 1 unspecified atom stereocenters. The van der Waals surface area contributed by atoms with E-state index in [4.69, 9.17) is 4.52 Å². The van der Waals surface area contributed by atoms with Gasteiger partial charge in [0.1, 0.15) is 0 Å². The number of aromatic nitrogens is 3. The molecule has 0 saturated carbocycles. The molecule has 1 aliphatic heterocycles. The zero-order chi connectivity index (χ0) is 18.6. The van der Waals surface area contributed by atoms with Crippen LogP contribution in [0.3, 0.4) is 0 Å². The van der Waals surface area contributed by atoms with Crippen LogP contribution in [-0.2, 0) is 11.2 Å². The van der Waals surface area contributed by atoms with Crippen LogP contribution in [0.2, 0.25) is 0 Å². The fraction of sp³-hybridized carbons (Fsp3) is 0.333. The van der Waals surface area contributed by atoms with E-state index in [2.05, 4.69) is 34.2 Å². The summed E-state index contributed by atoms with van der Waals surface area (Å²) in [6, 6.07) is 11.9. The second kappa shape index (κ2) is 7.70. The quantitative estimate of drug-likeness (QED) is 0.663. The number of benzene rings is 1. The molecule has 0 spiro atoms. The molecule has 2 aromatic heterocycles. The van der Waals surface area contributed by atoms with Crippen molar-refractivity contribution in [3.05, 3.63) is 60.2 Å². The van der Waals surface area contributed by atoms with Crippen LogP contribution in [-0.4, -0.2) is 27.6 Å². The van der Waals surface area contributed by atoms with Crippen LogP contribution in [0.25, 0.3) is 11.5 Å². The van der Waals surface area contributed by atoms with E-state index in [0.717, 1.165) is 17.7 Å². The number of pyridine rings is 1. The van der Waals surface area contributed by atoms with Gasteiger partial charge in [0.15, 0.2) is 5.82 Å². The van der Waals surface area contributed by atoms with Crippen LogP contribution >= 0.6 is 0 Å². The minimum absolute atomic E-state index is 0.0587. The molecular formula is C21H22N4O2. The summed E-state index contributed by atoms with van der Waals surface area (Å²) < 4.78 is 5.37. The minimum atomic E-state index is -0.0587. The van der Waals surface area contributed by atoms with Gasteiger partial charge in [-0.2, -0.15) is 4.98 Å². The predicted octanol–water partition coefficient (Wildman–Crippen LogP) is 3.99. The molecular weight excluding hydrogens is 340 g/mol. The molecule has 6 heteroatoms. The lowest BCUT2D eigenvalue weighted by molar-refractivity contribution is -0.117. The number of hydrogen-bond donors (Lipinski definition) is 0. The largest absolute Gasteiger partial charge is 0.334 e. The Balaban J connectivity index is 1.47. The summed E-state index contributed by atoms with van der Waals surface area (Å²) >= 11 is 0. The summed E-state index contributed by atoms with van der Waals surface area (Å²) in [5.41, 5.74) is 3.07. The van der Waals surface area contributed by atoms with E-state index in [1.807, 2.05) is 29.2 Å². The molecule has 0 N–H and O–H groups in total. The molecule has 138 valence electrons. The van der Waals surface area contributed by atoms with Crippen molar-refractivity contribution in [1.29, 1.82) is 0 Å². The highest BCUT2D eigenvalue weighted by Crippen LogP contribution is 2.31. The number of carbonyl (C=O) groups is 1. The number of nitrogens with zero attached hydrogens (tertiary/aromatic N) is 4. The first-order valence-corrected chi connectivity index (χ1v) is 9.38. The van der Waals surface area contributed by atoms with Gasteiger partial charge in [0.25, 0.3) is 5.89 Å². The first-order chi connectivity index (χ1) is 13.2. The first kappa shape index (κ1) is 17.4. The van der Waals surface area contributed by atoms with Gasteiger partial charge in [0, 0.05) is 42.5 Å². The van der Waals surface area contributed by atoms with Crippen LogP contribution < -0.4 is 4.90 Å². The van der Waals surface area contributed by atoms with Gasteiger partial charge in [-0.05, 0) is 42.7 Å². The smallest absolute Gasteiger partial charge is 0.258 e. The minimum Gasteiger partial charge on any atom is -0.334 e. The van der Waals surface area contributed by atoms with Crippen LogP contribution in [0.15, 0.2) is 53.3 Å². The summed E-state index contributed by atoms with van der Waals surface area (Å²) in [6.07, 6.45) is 7.21. The maximum absolute atomic E-state index is 12.5. The molecule has 1 aromatic carbocycles. The molecule has 1 saturated heterocycles. The third-order valence-electron chi connectivity index (χ3n) is 4.93. The Morgan fingerprint density at radius 1 is 1.15 bits per heavy atom. The van der Waals surface area contributed by atoms with Crippen molar-refractivity contribution in [2.45, 2.75) is 38.5 Å². The lowest BCUT2D eigenvalue weighted by Crippen LogP contribution is -2.24. The second-order valence-electron chi connectivity index (χ2n) is 6.87. The average molecular weight is 362 g/mol. The molecule has 1 atom stereocenters. The van der Waals surface area contributed by atoms with Gasteiger partial charge in [0.2, 0.25) is 5.91 Å². The second-order valence-corrected chi connectivity index (χ2v) is 6.87. The van der Waals surface area contributed by atoms with E-state index < -0.39 is 0 Å². The summed E-state index contributed by atoms with van der Waals surface area (Å²) in [6.45, 7) is 2.76. The number of amides is 1. The summed E-state index contributed by atoms with van der Waals surface area (Å²) in [5, 5.41) is 4.10. The fourth-order valence-electron chi connectivity index (χ4n) is 3.37. The Kier molecular flexibility index (Phi) is 4.96. The van der Waals surface area contributed by atoms with E-state index in [1.54, 1.807) is 12.4 Å². The van der Waals surface area contributed by atoms with Crippen LogP contribution in [0.4, 0.5) is 5.69 Å². The number of anilines is 1. The summed E-state index contributed by atoms with van der Waals surface area (Å²) in [4.78, 5) is 22.8. The molecule has 0 aliphatic carbocycles. The van der Waals surface area contributed by atoms with Gasteiger partial charge in [-0.3, -0.25) is 9.78 Å². The van der Waals surface area contributed by atoms with Crippen molar-refractivity contribution in [3.8, 4) is 11.5 Å². The molecule has 1 fully saturated rings. The Bertz CT molecular complexity index is 905. The van der Waals surface area contributed by atoms with E-state index in [0.29, 0.717) is 24.7 Å². The molecule has 0 radical (unpaired) electrons. The zero-order valence-electron chi connectivity index (χ0n) is 15.3. The third-order valence-corrected chi connectivity index (χ3v) is 4.93. The maximum atomic E-state index is 12.5. The molecule has 1 aliphatic rings. The van der Waals surface area contributed by atoms with E-state index in [1.165, 1.54) is 18.4 Å². The molecule has 3 aromatic rings. The van der Waals surface area contributed by atoms with Crippen molar-refractivity contribution in [1.82, 2.24) is 15.1 Å². The molecule has 3 heterocycles. The van der Waals surface area contributed by atoms with Crippen molar-refractivity contribution >= 4 is 11.6 Å². The Morgan fingerprint density at radius 2 is 1.93 bits per heavy atom. The van der Waals surface area contributed by atoms with Crippen molar-refractivity contribution in [3.63, 3.8) is 0 Å². The third kappa shape index (κ3) is 3.74. The molecule has 27 heavy (non-hydrogen) atoms. The maximum Gasteiger partial charge on any atom is 0.258 e. The SMILES string of the molecule is CCCCc1ccc(N2CC(c3noc(-c4ccncc4)n3)CC2=O)cc1. The lowest BCUT2D eigenvalue weighted by Gasteiger charge is -2.16. The lowest BCUT2D eigenvalue weighted by atomic mass is 10.1. The molecule has 0 bridgehead atoms. The number of aryl methyl sites for hydroxylation is 1. The standard InChI is InChI=1S/C21H22N4O2/c1-2-3-4-15-5-7-18(8-6-15)25-14-17(13-19(25)26)20-23-21(27-24-20)16-9-11-22-12-10-16/h5-12,17H,2-4,13-14H2,1H3. The highest BCUT2D eigenvalue weighted by Gasteiger charge is 2.34. The highest BCUT2D eigenvalue weighted by atomic mass is 16.5. The van der Waals surface area contributed by atoms with E-state index in [9.17, 15) is 4.79 Å². The Labute approximate surface area is 158 Å². The number of hydrogen-bond acceptors (Lipinski definition) is 5. The van der Waals surface area contributed by atoms with Crippen LogP contribution in [0.1, 0.15) is 43.5 Å². The summed E-state index contributed by atoms with van der Waals surface area (Å²) in [5.74, 6) is 1.07. The molecule has 4 rings (SSSR count). The predicted molar refractivity (Wildman–Crippen MR) is 102 cm³/mol. The molecule has 6 nitrogen and oxygen atoms in total. The highest BCUT2D eigenvalue weighted by molar-refractivity contribution is 5.96. The Morgan fingerprint density at radius 3 is 2.67 bits per heavy atom. The van der Waals surface area contributed by atoms with Crippen LogP contribution in [0.5, 0.6) is 0 Å². The topological polar surface area (TPSA) is 72.1 Å². The fourth-order valence-corrected chi connectivity index (χ4v) is 3.37. The van der Waals surface area contributed by atoms with Crippen LogP contribution in [0, 0.1) is 0 Å². The monoisotopic (exact) mass is 362 g/mol. The normalized spacial score (nSPS) is 16.9. The van der Waals surface area contributed by atoms with Gasteiger partial charge in [-0.15, -0.1) is 0 Å². The number of rotatable bonds is 6. The van der Waals surface area contributed by atoms with E-state index >= 15 is 0 Å². The molecule has 1 amide bonds. The number of unbranched alkanes of at least 4 members (excludes halogenated alkanes) is 1. The van der Waals surface area contributed by atoms with Crippen molar-refractivity contribution < 1.29 is 9.32 Å². The van der Waals surface area contributed by atoms with E-state index in [-0.39, 0.29) is 11.8 Å². The summed E-state index contributed by atoms with van der Waals surface area (Å²) in [7, 11) is 0. The van der Waals surface area contributed by atoms with Crippen molar-refractivity contribution in [2.75, 3.05) is 11.4 Å². The van der Waals surface area contributed by atoms with Gasteiger partial charge in [0.05, 0.1) is 0 Å². The first-order valence-electron chi connectivity index (χ1n) is 9.38. The van der Waals surface area contributed by atoms with Gasteiger partial charge < -0.3 is 9.42 Å². The van der Waals surface area contributed by atoms with Gasteiger partial charge in [-0.25, -0.2) is 0 Å². The number of carbonyl (C=O) groups excluding carboxylic acids is 1. The van der Waals surface area contributed by atoms with Gasteiger partial charge in [-0.1, -0.05) is 30.6 Å². The average Bonchev–Trinajstić information content (AvgIpc) is 3.34.